The van der Waals surface area contributed by atoms with Gasteiger partial charge < -0.3 is 66.5 Å². The molecule has 1 aromatic heterocycles. The van der Waals surface area contributed by atoms with Crippen LogP contribution in [-0.4, -0.2) is 173 Å². The van der Waals surface area contributed by atoms with Crippen molar-refractivity contribution in [3.05, 3.63) is 131 Å². The zero-order chi connectivity index (χ0) is 83.1. The molecule has 2 aliphatic heterocycles. The smallest absolute Gasteiger partial charge is 0.475 e. The van der Waals surface area contributed by atoms with Crippen molar-refractivity contribution in [1.29, 1.82) is 5.26 Å². The number of hydrogen-bond acceptors (Lipinski definition) is 20. The minimum Gasteiger partial charge on any atom is -0.497 e. The number of nitrogens with one attached hydrogen (secondary N) is 1. The Balaban J connectivity index is 1.72. The summed E-state index contributed by atoms with van der Waals surface area (Å²) >= 11 is 0. The first kappa shape index (κ1) is 95.9. The number of benzene rings is 2. The van der Waals surface area contributed by atoms with Crippen LogP contribution in [0.1, 0.15) is 186 Å². The minimum atomic E-state index is -4.69. The monoisotopic (exact) mass is 1600 g/mol. The molecule has 0 unspecified atom stereocenters. The fourth-order valence-electron chi connectivity index (χ4n) is 13.3. The van der Waals surface area contributed by atoms with Crippen LogP contribution in [0.2, 0.25) is 54.4 Å². The molecule has 3 heterocycles. The number of aromatic nitrogens is 1. The average molecular weight is 1610 g/mol. The van der Waals surface area contributed by atoms with E-state index in [-0.39, 0.29) is 77.6 Å². The number of carbonyl (C=O) groups excluding carboxylic acids is 1. The van der Waals surface area contributed by atoms with Gasteiger partial charge in [-0.15, -0.1) is 0 Å². The maximum atomic E-state index is 16.4. The summed E-state index contributed by atoms with van der Waals surface area (Å²) in [6.07, 6.45) is 8.89. The second-order valence-corrected chi connectivity index (χ2v) is 52.1. The lowest BCUT2D eigenvalue weighted by Crippen LogP contribution is -2.60. The highest BCUT2D eigenvalue weighted by atomic mass is 31.2. The van der Waals surface area contributed by atoms with Crippen molar-refractivity contribution < 1.29 is 79.3 Å². The van der Waals surface area contributed by atoms with E-state index in [4.69, 9.17) is 64.7 Å². The molecule has 5 rings (SSSR count). The van der Waals surface area contributed by atoms with Crippen molar-refractivity contribution >= 4 is 44.8 Å². The van der Waals surface area contributed by atoms with E-state index in [1.54, 1.807) is 46.6 Å². The molecule has 2 fully saturated rings. The van der Waals surface area contributed by atoms with Crippen molar-refractivity contribution in [1.82, 2.24) is 15.2 Å². The number of aliphatic hydroxyl groups is 2. The van der Waals surface area contributed by atoms with E-state index in [0.29, 0.717) is 47.1 Å². The molecular weight excluding hydrogens is 1460 g/mol. The summed E-state index contributed by atoms with van der Waals surface area (Å²) < 4.78 is 105. The second-order valence-electron chi connectivity index (χ2n) is 36.2. The number of carbonyl (C=O) groups is 1. The van der Waals surface area contributed by atoms with Crippen LogP contribution in [-0.2, 0) is 68.4 Å². The maximum absolute atomic E-state index is 16.4. The number of likely N-dealkylation sites (N-methyl/N-ethyl adjacent to an activating group) is 1. The number of rotatable bonds is 40. The molecule has 2 saturated heterocycles. The summed E-state index contributed by atoms with van der Waals surface area (Å²) in [6.45, 7) is 54.5. The largest absolute Gasteiger partial charge is 0.497 e. The second kappa shape index (κ2) is 40.2. The predicted molar refractivity (Wildman–Crippen MR) is 446 cm³/mol. The van der Waals surface area contributed by atoms with Crippen molar-refractivity contribution in [3.63, 3.8) is 0 Å². The topological polar surface area (TPSA) is 250 Å². The molecule has 0 radical (unpaired) electrons. The van der Waals surface area contributed by atoms with Crippen LogP contribution in [0.4, 0.5) is 0 Å². The lowest BCUT2D eigenvalue weighted by Gasteiger charge is -2.53. The van der Waals surface area contributed by atoms with E-state index < -0.39 is 111 Å². The molecule has 1 amide bonds. The van der Waals surface area contributed by atoms with Gasteiger partial charge in [-0.3, -0.25) is 18.4 Å². The van der Waals surface area contributed by atoms with E-state index in [9.17, 15) is 20.3 Å². The number of nitriles is 1. The molecule has 2 aliphatic rings. The molecule has 16 atom stereocenters. The molecular formula is C85H141N4O17PSi3. The summed E-state index contributed by atoms with van der Waals surface area (Å²) in [5.41, 5.74) is 3.82. The van der Waals surface area contributed by atoms with Gasteiger partial charge in [0.25, 0.3) is 5.91 Å². The predicted octanol–water partition coefficient (Wildman–Crippen LogP) is 18.6. The summed E-state index contributed by atoms with van der Waals surface area (Å²) in [7, 11) is -2.58. The fourth-order valence-corrected chi connectivity index (χ4v) is 19.0. The highest BCUT2D eigenvalue weighted by molar-refractivity contribution is 7.48. The molecule has 0 aliphatic carbocycles. The summed E-state index contributed by atoms with van der Waals surface area (Å²) in [6, 6.07) is 15.8. The standard InChI is InChI=1S/C85H141N4O17PSi3/c1-56(46-47-86)34-32-35-57(2)58(3)48-59(4)76(106-110(30,31)83(15,16)17)63(8)71(104-108(26,27)81(9,10)11)50-72(97-25)77-78(103-107(93,99-52-64-38-42-67(95-23)43-39-64)100-53-65-40-44-68(96-24)45-41-65)84(18,19)85(102-77)51-73(105-109(28,29)82(12,13)14)62(7)70(101-85)37-33-36-66-54-98-80(88-66)60(5)49-61(6)87-79(92)75(91)74(90)69(55-94-22)89(20)21/h32-36,38-46,48,54,59-63,69-78,90-91H,37,49-53,55H2,1-31H3,(H,87,92)/b34-32+,36-33+,56-46-,57-35+,58-48+/t59-,60+,61-,62-,63+,69+,70+,71+,72+,73-,74+,75+,76-,77-,78+,85-/m1/s1. The van der Waals surface area contributed by atoms with Crippen LogP contribution < -0.4 is 14.8 Å². The van der Waals surface area contributed by atoms with Crippen molar-refractivity contribution in [2.75, 3.05) is 49.1 Å². The van der Waals surface area contributed by atoms with Gasteiger partial charge in [-0.05, 0) is 168 Å². The SMILES string of the molecule is COC[C@@H]([C@H](O)[C@H](O)C(=O)N[C@H](C)C[C@H](C)c1nc(/C=C/C[C@@H]2O[C@]3(C[C@@H](O[Si](C)(C)C(C)(C)C)[C@@H]2C)O[C@H]([C@H](C[C@H](O[Si](C)(C)C(C)(C)C)[C@H](C)[C@H](O[Si](C)(C)C(C)(C)C)[C@H](C)/C=C(C)/C(C)=C/C=C/C(C)=C\C#N)OC)[C@H](OP(=O)(OCc2ccc(OC)cc2)OCc2ccc(OC)cc2)C3(C)C)co1)N(C)C. The molecule has 21 nitrogen and oxygen atoms in total. The zero-order valence-corrected chi connectivity index (χ0v) is 76.5. The van der Waals surface area contributed by atoms with E-state index in [1.807, 2.05) is 93.6 Å². The molecule has 3 N–H and O–H groups in total. The van der Waals surface area contributed by atoms with Crippen LogP contribution in [0, 0.1) is 34.5 Å². The van der Waals surface area contributed by atoms with Gasteiger partial charge in [0.1, 0.15) is 41.8 Å². The number of aliphatic hydroxyl groups excluding tert-OH is 2. The van der Waals surface area contributed by atoms with E-state index in [1.165, 1.54) is 13.2 Å². The first-order valence-electron chi connectivity index (χ1n) is 39.2. The van der Waals surface area contributed by atoms with Crippen LogP contribution >= 0.6 is 7.82 Å². The molecule has 3 aromatic rings. The molecule has 110 heavy (non-hydrogen) atoms. The van der Waals surface area contributed by atoms with Gasteiger partial charge in [0, 0.05) is 62.3 Å². The minimum absolute atomic E-state index is 0.116. The first-order valence-corrected chi connectivity index (χ1v) is 49.3. The van der Waals surface area contributed by atoms with Gasteiger partial charge in [-0.1, -0.05) is 164 Å². The zero-order valence-electron chi connectivity index (χ0n) is 72.7. The number of hydrogen-bond donors (Lipinski definition) is 3. The Morgan fingerprint density at radius 3 is 1.85 bits per heavy atom. The normalized spacial score (nSPS) is 23.1. The summed E-state index contributed by atoms with van der Waals surface area (Å²) in [4.78, 5) is 19.9. The van der Waals surface area contributed by atoms with Gasteiger partial charge in [-0.2, -0.15) is 5.26 Å². The molecule has 0 saturated carbocycles. The number of oxazole rings is 1. The molecule has 2 aromatic carbocycles. The summed E-state index contributed by atoms with van der Waals surface area (Å²) in [5.74, 6) is -1.26. The highest BCUT2D eigenvalue weighted by Gasteiger charge is 2.69. The quantitative estimate of drug-likeness (QED) is 0.0207. The van der Waals surface area contributed by atoms with E-state index >= 15 is 4.57 Å². The number of methoxy groups -OCH3 is 4. The molecule has 0 bridgehead atoms. The number of phosphoric acid groups is 1. The molecule has 620 valence electrons. The number of phosphoric ester groups is 1. The Morgan fingerprint density at radius 2 is 1.35 bits per heavy atom. The van der Waals surface area contributed by atoms with Crippen LogP contribution in [0.25, 0.3) is 6.08 Å². The van der Waals surface area contributed by atoms with Gasteiger partial charge in [-0.25, -0.2) is 9.55 Å². The number of nitrogens with zero attached hydrogens (tertiary/aromatic N) is 3. The Morgan fingerprint density at radius 1 is 0.800 bits per heavy atom. The Hall–Kier alpha value is -4.73. The van der Waals surface area contributed by atoms with Crippen molar-refractivity contribution in [2.24, 2.45) is 23.2 Å². The maximum Gasteiger partial charge on any atom is 0.475 e. The van der Waals surface area contributed by atoms with Crippen molar-refractivity contribution in [3.8, 4) is 17.6 Å². The summed E-state index contributed by atoms with van der Waals surface area (Å²) in [5, 5.41) is 33.5. The lowest BCUT2D eigenvalue weighted by molar-refractivity contribution is -0.333. The number of allylic oxidation sites excluding steroid dienone is 7. The van der Waals surface area contributed by atoms with Gasteiger partial charge >= 0.3 is 7.82 Å². The van der Waals surface area contributed by atoms with Crippen LogP contribution in [0.5, 0.6) is 11.5 Å². The number of amides is 1. The molecule has 1 spiro atoms. The van der Waals surface area contributed by atoms with Gasteiger partial charge in [0.2, 0.25) is 0 Å². The first-order chi connectivity index (χ1) is 50.9. The van der Waals surface area contributed by atoms with E-state index in [0.717, 1.165) is 16.7 Å². The van der Waals surface area contributed by atoms with Crippen molar-refractivity contribution in [2.45, 2.75) is 304 Å². The Bertz CT molecular complexity index is 3590. The lowest BCUT2D eigenvalue weighted by atomic mass is 9.72. The molecule has 25 heteroatoms. The van der Waals surface area contributed by atoms with E-state index in [2.05, 4.69) is 174 Å². The fraction of sp³-hybridized carbons (Fsp3) is 0.682. The third-order valence-electron chi connectivity index (χ3n) is 24.0. The third-order valence-corrected chi connectivity index (χ3v) is 38.8. The number of ether oxygens (including phenoxy) is 6. The third kappa shape index (κ3) is 25.6. The average Bonchev–Trinajstić information content (AvgIpc) is 1.54. The van der Waals surface area contributed by atoms with Crippen LogP contribution in [0.15, 0.2) is 112 Å². The van der Waals surface area contributed by atoms with Crippen LogP contribution in [0.3, 0.4) is 0 Å². The highest BCUT2D eigenvalue weighted by Crippen LogP contribution is 2.63. The Kier molecular flexibility index (Phi) is 35.1. The van der Waals surface area contributed by atoms with Gasteiger partial charge in [0.15, 0.2) is 42.7 Å². The Labute approximate surface area is 665 Å². The van der Waals surface area contributed by atoms with Gasteiger partial charge in [0.05, 0.1) is 76.7 Å².